The average Bonchev–Trinajstić information content (AvgIpc) is 3.47. The molecule has 2 aromatic carbocycles. The van der Waals surface area contributed by atoms with Crippen LogP contribution in [0.1, 0.15) is 16.1 Å². The maximum atomic E-state index is 12.7. The number of nitrogens with one attached hydrogen (secondary N) is 1. The molecule has 3 heterocycles. The predicted octanol–water partition coefficient (Wildman–Crippen LogP) is 3.03. The summed E-state index contributed by atoms with van der Waals surface area (Å²) >= 11 is 0. The Morgan fingerprint density at radius 3 is 2.77 bits per heavy atom. The van der Waals surface area contributed by atoms with Crippen LogP contribution in [0.2, 0.25) is 0 Å². The molecule has 1 aliphatic heterocycles. The van der Waals surface area contributed by atoms with Gasteiger partial charge in [-0.15, -0.1) is 0 Å². The first-order valence-electron chi connectivity index (χ1n) is 9.47. The maximum Gasteiger partial charge on any atom is 0.420 e. The van der Waals surface area contributed by atoms with Crippen LogP contribution in [0, 0.1) is 0 Å². The van der Waals surface area contributed by atoms with Gasteiger partial charge in [0.05, 0.1) is 11.8 Å². The molecule has 0 radical (unpaired) electrons. The first kappa shape index (κ1) is 18.0. The van der Waals surface area contributed by atoms with E-state index in [0.29, 0.717) is 23.3 Å². The topological polar surface area (TPSA) is 97.7 Å². The first-order chi connectivity index (χ1) is 14.6. The molecule has 1 N–H and O–H groups in total. The Hall–Kier alpha value is -4.07. The van der Waals surface area contributed by atoms with Gasteiger partial charge >= 0.3 is 5.76 Å². The Morgan fingerprint density at radius 1 is 1.07 bits per heavy atom. The molecule has 0 aliphatic carbocycles. The summed E-state index contributed by atoms with van der Waals surface area (Å²) < 4.78 is 11.7. The van der Waals surface area contributed by atoms with Crippen molar-refractivity contribution in [1.29, 1.82) is 0 Å². The van der Waals surface area contributed by atoms with Crippen molar-refractivity contribution in [2.45, 2.75) is 13.0 Å². The van der Waals surface area contributed by atoms with Crippen LogP contribution in [0.4, 0.5) is 11.4 Å². The fourth-order valence-corrected chi connectivity index (χ4v) is 3.71. The molecule has 0 unspecified atom stereocenters. The number of oxazole rings is 1. The van der Waals surface area contributed by atoms with Gasteiger partial charge in [-0.25, -0.2) is 4.79 Å². The number of rotatable bonds is 4. The summed E-state index contributed by atoms with van der Waals surface area (Å²) in [6.07, 6.45) is 2.19. The summed E-state index contributed by atoms with van der Waals surface area (Å²) in [6, 6.07) is 15.7. The third-order valence-electron chi connectivity index (χ3n) is 5.12. The number of fused-ring (bicyclic) bond motifs is 2. The summed E-state index contributed by atoms with van der Waals surface area (Å²) in [5.41, 5.74) is 3.28. The molecule has 0 spiro atoms. The second-order valence-electron chi connectivity index (χ2n) is 7.00. The van der Waals surface area contributed by atoms with Crippen LogP contribution in [0.25, 0.3) is 11.1 Å². The number of benzene rings is 2. The molecule has 30 heavy (non-hydrogen) atoms. The van der Waals surface area contributed by atoms with Crippen molar-refractivity contribution in [3.8, 4) is 0 Å². The molecule has 5 rings (SSSR count). The minimum absolute atomic E-state index is 0.179. The number of carbonyl (C=O) groups excluding carboxylic acids is 2. The minimum Gasteiger partial charge on any atom is -0.459 e. The zero-order chi connectivity index (χ0) is 20.7. The van der Waals surface area contributed by atoms with E-state index in [0.717, 1.165) is 17.7 Å². The predicted molar refractivity (Wildman–Crippen MR) is 110 cm³/mol. The lowest BCUT2D eigenvalue weighted by Crippen LogP contribution is -2.28. The molecular formula is C22H17N3O5. The normalized spacial score (nSPS) is 12.9. The third-order valence-corrected chi connectivity index (χ3v) is 5.12. The van der Waals surface area contributed by atoms with Gasteiger partial charge in [-0.1, -0.05) is 18.2 Å². The number of para-hydroxylation sites is 2. The van der Waals surface area contributed by atoms with E-state index in [9.17, 15) is 14.4 Å². The van der Waals surface area contributed by atoms with E-state index in [1.54, 1.807) is 53.4 Å². The van der Waals surface area contributed by atoms with Crippen molar-refractivity contribution >= 4 is 34.3 Å². The fraction of sp³-hybridized carbons (Fsp3) is 0.136. The van der Waals surface area contributed by atoms with E-state index >= 15 is 0 Å². The molecule has 8 nitrogen and oxygen atoms in total. The molecule has 2 amide bonds. The highest BCUT2D eigenvalue weighted by atomic mass is 16.4. The second-order valence-corrected chi connectivity index (χ2v) is 7.00. The Labute approximate surface area is 170 Å². The van der Waals surface area contributed by atoms with Crippen molar-refractivity contribution in [3.05, 3.63) is 82.7 Å². The van der Waals surface area contributed by atoms with Crippen LogP contribution in [0.5, 0.6) is 0 Å². The van der Waals surface area contributed by atoms with E-state index in [4.69, 9.17) is 8.83 Å². The van der Waals surface area contributed by atoms with Crippen molar-refractivity contribution in [3.63, 3.8) is 0 Å². The lowest BCUT2D eigenvalue weighted by Gasteiger charge is -2.17. The molecule has 0 saturated heterocycles. The zero-order valence-corrected chi connectivity index (χ0v) is 15.8. The molecule has 2 aromatic heterocycles. The van der Waals surface area contributed by atoms with Crippen molar-refractivity contribution in [2.24, 2.45) is 0 Å². The Morgan fingerprint density at radius 2 is 1.93 bits per heavy atom. The second kappa shape index (κ2) is 7.07. The number of aromatic nitrogens is 1. The number of anilines is 2. The van der Waals surface area contributed by atoms with Crippen LogP contribution in [-0.4, -0.2) is 22.9 Å². The van der Waals surface area contributed by atoms with Gasteiger partial charge in [0.1, 0.15) is 6.54 Å². The number of nitrogens with zero attached hydrogens (tertiary/aromatic N) is 2. The van der Waals surface area contributed by atoms with Gasteiger partial charge in [0.15, 0.2) is 11.3 Å². The van der Waals surface area contributed by atoms with Gasteiger partial charge in [-0.3, -0.25) is 14.2 Å². The van der Waals surface area contributed by atoms with Gasteiger partial charge in [0.25, 0.3) is 5.91 Å². The van der Waals surface area contributed by atoms with E-state index in [-0.39, 0.29) is 24.1 Å². The van der Waals surface area contributed by atoms with Gasteiger partial charge < -0.3 is 19.1 Å². The zero-order valence-electron chi connectivity index (χ0n) is 15.8. The van der Waals surface area contributed by atoms with Gasteiger partial charge in [0.2, 0.25) is 5.91 Å². The van der Waals surface area contributed by atoms with Crippen molar-refractivity contribution in [2.75, 3.05) is 16.8 Å². The summed E-state index contributed by atoms with van der Waals surface area (Å²) in [7, 11) is 0. The highest BCUT2D eigenvalue weighted by molar-refractivity contribution is 6.06. The lowest BCUT2D eigenvalue weighted by atomic mass is 10.1. The lowest BCUT2D eigenvalue weighted by molar-refractivity contribution is -0.116. The monoisotopic (exact) mass is 403 g/mol. The van der Waals surface area contributed by atoms with Crippen LogP contribution >= 0.6 is 0 Å². The van der Waals surface area contributed by atoms with Crippen LogP contribution in [0.3, 0.4) is 0 Å². The molecule has 8 heteroatoms. The highest BCUT2D eigenvalue weighted by Gasteiger charge is 2.27. The van der Waals surface area contributed by atoms with Crippen molar-refractivity contribution in [1.82, 2.24) is 4.57 Å². The number of hydrogen-bond donors (Lipinski definition) is 1. The van der Waals surface area contributed by atoms with Gasteiger partial charge in [0, 0.05) is 17.9 Å². The summed E-state index contributed by atoms with van der Waals surface area (Å²) in [4.78, 5) is 39.0. The Balaban J connectivity index is 1.36. The number of furan rings is 1. The van der Waals surface area contributed by atoms with Crippen LogP contribution < -0.4 is 16.0 Å². The molecular weight excluding hydrogens is 386 g/mol. The van der Waals surface area contributed by atoms with Gasteiger partial charge in [-0.2, -0.15) is 0 Å². The Kier molecular flexibility index (Phi) is 4.24. The summed E-state index contributed by atoms with van der Waals surface area (Å²) in [5, 5.41) is 2.79. The first-order valence-corrected chi connectivity index (χ1v) is 9.47. The third kappa shape index (κ3) is 3.08. The number of amides is 2. The molecule has 0 saturated carbocycles. The molecule has 4 aromatic rings. The highest BCUT2D eigenvalue weighted by Crippen LogP contribution is 2.32. The standard InChI is InChI=1S/C22H17N3O5/c26-20(13-25-16-4-1-2-5-18(16)30-22(25)28)23-15-8-7-14-9-10-24(17(14)12-15)21(27)19-6-3-11-29-19/h1-8,11-12H,9-10,13H2,(H,23,26). The molecule has 150 valence electrons. The molecule has 0 fully saturated rings. The largest absolute Gasteiger partial charge is 0.459 e. The molecule has 0 atom stereocenters. The minimum atomic E-state index is -0.587. The van der Waals surface area contributed by atoms with Crippen LogP contribution in [0.15, 0.2) is 74.5 Å². The molecule has 0 bridgehead atoms. The van der Waals surface area contributed by atoms with E-state index in [2.05, 4.69) is 5.32 Å². The van der Waals surface area contributed by atoms with E-state index in [1.807, 2.05) is 6.07 Å². The molecule has 1 aliphatic rings. The van der Waals surface area contributed by atoms with Gasteiger partial charge in [-0.05, 0) is 48.4 Å². The SMILES string of the molecule is O=C(Cn1c(=O)oc2ccccc21)Nc1ccc2c(c1)N(C(=O)c1ccco1)CC2. The Bertz CT molecular complexity index is 1320. The maximum absolute atomic E-state index is 12.7. The summed E-state index contributed by atoms with van der Waals surface area (Å²) in [6.45, 7) is 0.366. The van der Waals surface area contributed by atoms with E-state index in [1.165, 1.54) is 10.8 Å². The fourth-order valence-electron chi connectivity index (χ4n) is 3.71. The number of carbonyl (C=O) groups is 2. The summed E-state index contributed by atoms with van der Waals surface area (Å²) in [5.74, 6) is -0.914. The quantitative estimate of drug-likeness (QED) is 0.565. The van der Waals surface area contributed by atoms with Crippen LogP contribution in [-0.2, 0) is 17.8 Å². The smallest absolute Gasteiger partial charge is 0.420 e. The number of hydrogen-bond acceptors (Lipinski definition) is 5. The van der Waals surface area contributed by atoms with E-state index < -0.39 is 5.76 Å². The average molecular weight is 403 g/mol. The van der Waals surface area contributed by atoms with Crippen molar-refractivity contribution < 1.29 is 18.4 Å².